The highest BCUT2D eigenvalue weighted by atomic mass is 16.6. The number of nitrogens with zero attached hydrogens (tertiary/aromatic N) is 4. The maximum atomic E-state index is 13.2. The maximum Gasteiger partial charge on any atom is 0.270 e. The van der Waals surface area contributed by atoms with Crippen molar-refractivity contribution in [2.75, 3.05) is 44.2 Å². The van der Waals surface area contributed by atoms with Gasteiger partial charge in [0.25, 0.3) is 11.6 Å². The molecule has 0 radical (unpaired) electrons. The van der Waals surface area contributed by atoms with Crippen molar-refractivity contribution in [3.8, 4) is 0 Å². The lowest BCUT2D eigenvalue weighted by atomic mass is 9.97. The minimum Gasteiger partial charge on any atom is -0.371 e. The van der Waals surface area contributed by atoms with Gasteiger partial charge in [-0.25, -0.2) is 0 Å². The number of piperazine rings is 1. The third-order valence-electron chi connectivity index (χ3n) is 5.56. The van der Waals surface area contributed by atoms with E-state index in [9.17, 15) is 19.7 Å². The summed E-state index contributed by atoms with van der Waals surface area (Å²) in [6.45, 7) is 7.30. The molecule has 2 heterocycles. The van der Waals surface area contributed by atoms with Crippen molar-refractivity contribution in [3.63, 3.8) is 0 Å². The molecule has 0 N–H and O–H groups in total. The Hall–Kier alpha value is -2.64. The minimum absolute atomic E-state index is 0.000531. The molecule has 146 valence electrons. The fourth-order valence-electron chi connectivity index (χ4n) is 3.73. The van der Waals surface area contributed by atoms with E-state index in [1.54, 1.807) is 15.9 Å². The molecule has 0 saturated carbocycles. The Kier molecular flexibility index (Phi) is 5.62. The SMILES string of the molecule is CC(=O)N1CCN(C(=O)c2cc([N+](=O)[O-])ccc2N2CCC(C)CC2)CC1. The fourth-order valence-corrected chi connectivity index (χ4v) is 3.73. The summed E-state index contributed by atoms with van der Waals surface area (Å²) in [6, 6.07) is 4.57. The number of nitro benzene ring substituents is 1. The van der Waals surface area contributed by atoms with E-state index in [-0.39, 0.29) is 17.5 Å². The Morgan fingerprint density at radius 3 is 2.19 bits per heavy atom. The lowest BCUT2D eigenvalue weighted by molar-refractivity contribution is -0.384. The number of non-ortho nitro benzene ring substituents is 1. The molecule has 0 aliphatic carbocycles. The molecule has 2 aliphatic heterocycles. The van der Waals surface area contributed by atoms with Crippen LogP contribution in [0.2, 0.25) is 0 Å². The van der Waals surface area contributed by atoms with Crippen molar-refractivity contribution in [1.29, 1.82) is 0 Å². The van der Waals surface area contributed by atoms with Crippen LogP contribution < -0.4 is 4.90 Å². The van der Waals surface area contributed by atoms with Gasteiger partial charge in [-0.1, -0.05) is 6.92 Å². The Labute approximate surface area is 158 Å². The monoisotopic (exact) mass is 374 g/mol. The normalized spacial score (nSPS) is 18.5. The molecule has 2 aliphatic rings. The first-order chi connectivity index (χ1) is 12.9. The number of nitro groups is 1. The summed E-state index contributed by atoms with van der Waals surface area (Å²) in [5.74, 6) is 0.453. The van der Waals surface area contributed by atoms with Crippen molar-refractivity contribution in [1.82, 2.24) is 9.80 Å². The van der Waals surface area contributed by atoms with E-state index in [1.807, 2.05) is 0 Å². The molecule has 8 nitrogen and oxygen atoms in total. The van der Waals surface area contributed by atoms with Crippen LogP contribution in [-0.4, -0.2) is 65.8 Å². The minimum atomic E-state index is -0.466. The molecule has 0 unspecified atom stereocenters. The number of amides is 2. The Morgan fingerprint density at radius 2 is 1.63 bits per heavy atom. The van der Waals surface area contributed by atoms with E-state index >= 15 is 0 Å². The number of rotatable bonds is 3. The Bertz CT molecular complexity index is 735. The van der Waals surface area contributed by atoms with Crippen LogP contribution in [0.15, 0.2) is 18.2 Å². The van der Waals surface area contributed by atoms with Gasteiger partial charge in [-0.15, -0.1) is 0 Å². The van der Waals surface area contributed by atoms with Gasteiger partial charge < -0.3 is 14.7 Å². The topological polar surface area (TPSA) is 87.0 Å². The molecule has 0 bridgehead atoms. The van der Waals surface area contributed by atoms with Gasteiger partial charge >= 0.3 is 0 Å². The summed E-state index contributed by atoms with van der Waals surface area (Å²) in [4.78, 5) is 41.0. The van der Waals surface area contributed by atoms with Crippen LogP contribution in [0.25, 0.3) is 0 Å². The molecule has 0 aromatic heterocycles. The van der Waals surface area contributed by atoms with Crippen LogP contribution in [0.5, 0.6) is 0 Å². The molecule has 8 heteroatoms. The largest absolute Gasteiger partial charge is 0.371 e. The second-order valence-electron chi connectivity index (χ2n) is 7.43. The van der Waals surface area contributed by atoms with Crippen molar-refractivity contribution in [2.24, 2.45) is 5.92 Å². The van der Waals surface area contributed by atoms with Gasteiger partial charge in [0.05, 0.1) is 16.2 Å². The van der Waals surface area contributed by atoms with Crippen LogP contribution in [0.4, 0.5) is 11.4 Å². The van der Waals surface area contributed by atoms with E-state index < -0.39 is 4.92 Å². The number of benzene rings is 1. The number of carbonyl (C=O) groups excluding carboxylic acids is 2. The first kappa shape index (κ1) is 19.1. The number of anilines is 1. The quantitative estimate of drug-likeness (QED) is 0.597. The van der Waals surface area contributed by atoms with Gasteiger partial charge in [0, 0.05) is 58.3 Å². The molecular formula is C19H26N4O4. The molecule has 27 heavy (non-hydrogen) atoms. The van der Waals surface area contributed by atoms with Gasteiger partial charge in [-0.3, -0.25) is 19.7 Å². The number of piperidine rings is 1. The van der Waals surface area contributed by atoms with Crippen molar-refractivity contribution in [2.45, 2.75) is 26.7 Å². The van der Waals surface area contributed by atoms with E-state index in [2.05, 4.69) is 11.8 Å². The predicted octanol–water partition coefficient (Wildman–Crippen LogP) is 2.14. The van der Waals surface area contributed by atoms with Gasteiger partial charge in [-0.2, -0.15) is 0 Å². The fraction of sp³-hybridized carbons (Fsp3) is 0.579. The zero-order valence-electron chi connectivity index (χ0n) is 15.9. The Balaban J connectivity index is 1.85. The number of hydrogen-bond donors (Lipinski definition) is 0. The maximum absolute atomic E-state index is 13.2. The third-order valence-corrected chi connectivity index (χ3v) is 5.56. The summed E-state index contributed by atoms with van der Waals surface area (Å²) in [5, 5.41) is 11.2. The average Bonchev–Trinajstić information content (AvgIpc) is 2.67. The first-order valence-electron chi connectivity index (χ1n) is 9.45. The molecule has 2 fully saturated rings. The summed E-state index contributed by atoms with van der Waals surface area (Å²) in [7, 11) is 0. The summed E-state index contributed by atoms with van der Waals surface area (Å²) >= 11 is 0. The smallest absolute Gasteiger partial charge is 0.270 e. The van der Waals surface area contributed by atoms with E-state index in [0.717, 1.165) is 31.6 Å². The third kappa shape index (κ3) is 4.20. The molecule has 2 saturated heterocycles. The number of carbonyl (C=O) groups is 2. The Morgan fingerprint density at radius 1 is 1.04 bits per heavy atom. The average molecular weight is 374 g/mol. The molecule has 2 amide bonds. The zero-order chi connectivity index (χ0) is 19.6. The van der Waals surface area contributed by atoms with Gasteiger partial charge in [0.1, 0.15) is 0 Å². The van der Waals surface area contributed by atoms with E-state index in [1.165, 1.54) is 19.1 Å². The molecular weight excluding hydrogens is 348 g/mol. The molecule has 0 atom stereocenters. The summed E-state index contributed by atoms with van der Waals surface area (Å²) < 4.78 is 0. The van der Waals surface area contributed by atoms with Crippen LogP contribution in [-0.2, 0) is 4.79 Å². The highest BCUT2D eigenvalue weighted by Crippen LogP contribution is 2.30. The summed E-state index contributed by atoms with van der Waals surface area (Å²) in [5.41, 5.74) is 1.08. The predicted molar refractivity (Wildman–Crippen MR) is 102 cm³/mol. The van der Waals surface area contributed by atoms with Crippen LogP contribution in [0, 0.1) is 16.0 Å². The van der Waals surface area contributed by atoms with Crippen LogP contribution in [0.3, 0.4) is 0 Å². The molecule has 1 aromatic rings. The highest BCUT2D eigenvalue weighted by molar-refractivity contribution is 6.00. The van der Waals surface area contributed by atoms with E-state index in [4.69, 9.17) is 0 Å². The first-order valence-corrected chi connectivity index (χ1v) is 9.45. The van der Waals surface area contributed by atoms with Crippen molar-refractivity contribution in [3.05, 3.63) is 33.9 Å². The van der Waals surface area contributed by atoms with Crippen LogP contribution >= 0.6 is 0 Å². The molecule has 0 spiro atoms. The second-order valence-corrected chi connectivity index (χ2v) is 7.43. The standard InChI is InChI=1S/C19H26N4O4/c1-14-5-7-21(8-6-14)18-4-3-16(23(26)27)13-17(18)19(25)22-11-9-20(10-12-22)15(2)24/h3-4,13-14H,5-12H2,1-2H3. The van der Waals surface area contributed by atoms with Gasteiger partial charge in [0.15, 0.2) is 0 Å². The number of hydrogen-bond acceptors (Lipinski definition) is 5. The molecule has 1 aromatic carbocycles. The van der Waals surface area contributed by atoms with E-state index in [0.29, 0.717) is 37.7 Å². The lowest BCUT2D eigenvalue weighted by Gasteiger charge is -2.36. The van der Waals surface area contributed by atoms with Gasteiger partial charge in [-0.05, 0) is 24.8 Å². The van der Waals surface area contributed by atoms with Crippen LogP contribution in [0.1, 0.15) is 37.0 Å². The lowest BCUT2D eigenvalue weighted by Crippen LogP contribution is -2.50. The van der Waals surface area contributed by atoms with Crippen molar-refractivity contribution >= 4 is 23.2 Å². The summed E-state index contributed by atoms with van der Waals surface area (Å²) in [6.07, 6.45) is 2.09. The molecule has 3 rings (SSSR count). The zero-order valence-corrected chi connectivity index (χ0v) is 15.9. The van der Waals surface area contributed by atoms with Crippen molar-refractivity contribution < 1.29 is 14.5 Å². The second kappa shape index (κ2) is 7.94. The highest BCUT2D eigenvalue weighted by Gasteiger charge is 2.28. The van der Waals surface area contributed by atoms with Gasteiger partial charge in [0.2, 0.25) is 5.91 Å².